The first-order valence-corrected chi connectivity index (χ1v) is 7.75. The first kappa shape index (κ1) is 17.7. The Morgan fingerprint density at radius 1 is 1.43 bits per heavy atom. The molecule has 0 atom stereocenters. The van der Waals surface area contributed by atoms with Crippen LogP contribution in [0, 0.1) is 6.92 Å². The average Bonchev–Trinajstić information content (AvgIpc) is 2.67. The number of unbranched alkanes of at least 4 members (excludes halogenated alkanes) is 1. The molecule has 1 aromatic heterocycles. The number of thiocarbonyl (C=S) groups is 1. The van der Waals surface area contributed by atoms with E-state index in [1.807, 2.05) is 13.8 Å². The topological polar surface area (TPSA) is 71.0 Å². The third-order valence-electron chi connectivity index (χ3n) is 2.73. The molecule has 0 aliphatic heterocycles. The van der Waals surface area contributed by atoms with Gasteiger partial charge in [0.2, 0.25) is 0 Å². The van der Waals surface area contributed by atoms with E-state index in [0.29, 0.717) is 28.1 Å². The van der Waals surface area contributed by atoms with Gasteiger partial charge in [0.15, 0.2) is 5.11 Å². The molecule has 0 spiro atoms. The fourth-order valence-electron chi connectivity index (χ4n) is 1.74. The summed E-state index contributed by atoms with van der Waals surface area (Å²) in [5.74, 6) is -0.354. The fraction of sp³-hybridized carbons (Fsp3) is 0.615. The maximum Gasteiger partial charge on any atom is 0.274 e. The minimum absolute atomic E-state index is 0.184. The van der Waals surface area contributed by atoms with E-state index in [1.165, 1.54) is 0 Å². The van der Waals surface area contributed by atoms with Gasteiger partial charge in [0.25, 0.3) is 5.91 Å². The number of aryl methyl sites for hydroxylation is 2. The van der Waals surface area contributed by atoms with E-state index in [1.54, 1.807) is 11.6 Å². The number of rotatable bonds is 5. The largest absolute Gasteiger partial charge is 0.359 e. The summed E-state index contributed by atoms with van der Waals surface area (Å²) < 4.78 is 1.65. The van der Waals surface area contributed by atoms with Crippen LogP contribution >= 0.6 is 23.8 Å². The molecule has 21 heavy (non-hydrogen) atoms. The minimum atomic E-state index is -0.354. The Hall–Kier alpha value is -1.34. The summed E-state index contributed by atoms with van der Waals surface area (Å²) in [6.45, 7) is 8.45. The van der Waals surface area contributed by atoms with Crippen LogP contribution in [0.5, 0.6) is 0 Å². The van der Waals surface area contributed by atoms with E-state index in [0.717, 1.165) is 12.8 Å². The lowest BCUT2D eigenvalue weighted by Gasteiger charge is -2.13. The zero-order chi connectivity index (χ0) is 16.0. The molecule has 118 valence electrons. The molecule has 1 aromatic rings. The molecule has 0 fully saturated rings. The molecular weight excluding hydrogens is 310 g/mol. The van der Waals surface area contributed by atoms with Gasteiger partial charge < -0.3 is 5.32 Å². The Kier molecular flexibility index (Phi) is 6.91. The zero-order valence-corrected chi connectivity index (χ0v) is 14.4. The average molecular weight is 332 g/mol. The molecule has 0 saturated heterocycles. The van der Waals surface area contributed by atoms with E-state index in [4.69, 9.17) is 23.8 Å². The smallest absolute Gasteiger partial charge is 0.274 e. The third-order valence-corrected chi connectivity index (χ3v) is 3.33. The predicted octanol–water partition coefficient (Wildman–Crippen LogP) is 2.16. The quantitative estimate of drug-likeness (QED) is 0.570. The molecule has 0 aliphatic carbocycles. The minimum Gasteiger partial charge on any atom is -0.359 e. The van der Waals surface area contributed by atoms with Crippen LogP contribution in [0.25, 0.3) is 0 Å². The summed E-state index contributed by atoms with van der Waals surface area (Å²) in [4.78, 5) is 12.2. The van der Waals surface area contributed by atoms with Crippen LogP contribution in [-0.4, -0.2) is 26.8 Å². The van der Waals surface area contributed by atoms with Gasteiger partial charge in [-0.15, -0.1) is 0 Å². The second kappa shape index (κ2) is 8.19. The number of nitrogens with zero attached hydrogens (tertiary/aromatic N) is 2. The molecule has 1 amide bonds. The first-order valence-electron chi connectivity index (χ1n) is 6.96. The Balaban J connectivity index is 2.70. The summed E-state index contributed by atoms with van der Waals surface area (Å²) in [5, 5.41) is 7.96. The van der Waals surface area contributed by atoms with Crippen LogP contribution in [0.2, 0.25) is 5.15 Å². The molecule has 0 aliphatic rings. The predicted molar refractivity (Wildman–Crippen MR) is 88.4 cm³/mol. The van der Waals surface area contributed by atoms with Crippen molar-refractivity contribution in [1.29, 1.82) is 0 Å². The molecule has 1 heterocycles. The maximum atomic E-state index is 12.2. The van der Waals surface area contributed by atoms with E-state index in [2.05, 4.69) is 28.2 Å². The highest BCUT2D eigenvalue weighted by molar-refractivity contribution is 7.80. The standard InChI is InChI=1S/C13H22ClN5OS/c1-5-6-7-19-11(14)10(9(4)18-19)12(20)16-17-13(21)15-8(2)3/h8H,5-7H2,1-4H3,(H,16,20)(H2,15,17,21). The van der Waals surface area contributed by atoms with Crippen molar-refractivity contribution in [2.45, 2.75) is 53.1 Å². The number of amides is 1. The summed E-state index contributed by atoms with van der Waals surface area (Å²) in [7, 11) is 0. The highest BCUT2D eigenvalue weighted by Crippen LogP contribution is 2.20. The van der Waals surface area contributed by atoms with Gasteiger partial charge >= 0.3 is 0 Å². The van der Waals surface area contributed by atoms with Gasteiger partial charge in [0, 0.05) is 12.6 Å². The first-order chi connectivity index (χ1) is 9.86. The lowest BCUT2D eigenvalue weighted by molar-refractivity contribution is 0.0943. The number of nitrogens with one attached hydrogen (secondary N) is 3. The normalized spacial score (nSPS) is 10.6. The highest BCUT2D eigenvalue weighted by atomic mass is 35.5. The van der Waals surface area contributed by atoms with Gasteiger partial charge in [-0.3, -0.25) is 20.3 Å². The molecule has 0 bridgehead atoms. The summed E-state index contributed by atoms with van der Waals surface area (Å²) in [6, 6.07) is 0.184. The number of hydrazine groups is 1. The van der Waals surface area contributed by atoms with Crippen molar-refractivity contribution < 1.29 is 4.79 Å². The number of hydrogen-bond donors (Lipinski definition) is 3. The second-order valence-electron chi connectivity index (χ2n) is 5.04. The zero-order valence-electron chi connectivity index (χ0n) is 12.8. The van der Waals surface area contributed by atoms with Crippen LogP contribution in [0.1, 0.15) is 49.7 Å². The number of carbonyl (C=O) groups is 1. The maximum absolute atomic E-state index is 12.2. The van der Waals surface area contributed by atoms with Crippen molar-refractivity contribution in [3.63, 3.8) is 0 Å². The molecule has 3 N–H and O–H groups in total. The molecular formula is C13H22ClN5OS. The molecule has 6 nitrogen and oxygen atoms in total. The van der Waals surface area contributed by atoms with Gasteiger partial charge in [-0.25, -0.2) is 0 Å². The van der Waals surface area contributed by atoms with Crippen LogP contribution in [-0.2, 0) is 6.54 Å². The van der Waals surface area contributed by atoms with E-state index >= 15 is 0 Å². The number of hydrogen-bond acceptors (Lipinski definition) is 3. The molecule has 0 aromatic carbocycles. The monoisotopic (exact) mass is 331 g/mol. The van der Waals surface area contributed by atoms with Gasteiger partial charge in [-0.05, 0) is 39.4 Å². The summed E-state index contributed by atoms with van der Waals surface area (Å²) >= 11 is 11.3. The Labute approximate surface area is 135 Å². The molecule has 0 radical (unpaired) electrons. The number of halogens is 1. The van der Waals surface area contributed by atoms with Gasteiger partial charge in [0.05, 0.1) is 5.69 Å². The molecule has 8 heteroatoms. The lowest BCUT2D eigenvalue weighted by atomic mass is 10.2. The lowest BCUT2D eigenvalue weighted by Crippen LogP contribution is -2.48. The van der Waals surface area contributed by atoms with Crippen molar-refractivity contribution in [3.8, 4) is 0 Å². The van der Waals surface area contributed by atoms with Crippen molar-refractivity contribution in [2.75, 3.05) is 0 Å². The van der Waals surface area contributed by atoms with Crippen molar-refractivity contribution in [3.05, 3.63) is 16.4 Å². The van der Waals surface area contributed by atoms with Crippen LogP contribution in [0.3, 0.4) is 0 Å². The van der Waals surface area contributed by atoms with Gasteiger partial charge in [-0.1, -0.05) is 24.9 Å². The number of aromatic nitrogens is 2. The summed E-state index contributed by atoms with van der Waals surface area (Å²) in [5.41, 5.74) is 6.13. The van der Waals surface area contributed by atoms with E-state index < -0.39 is 0 Å². The Morgan fingerprint density at radius 2 is 2.10 bits per heavy atom. The van der Waals surface area contributed by atoms with Crippen LogP contribution in [0.15, 0.2) is 0 Å². The number of carbonyl (C=O) groups excluding carboxylic acids is 1. The molecule has 0 saturated carbocycles. The Bertz CT molecular complexity index is 515. The van der Waals surface area contributed by atoms with Crippen LogP contribution < -0.4 is 16.2 Å². The molecule has 1 rings (SSSR count). The SMILES string of the molecule is CCCCn1nc(C)c(C(=O)NNC(=S)NC(C)C)c1Cl. The Morgan fingerprint density at radius 3 is 2.67 bits per heavy atom. The van der Waals surface area contributed by atoms with Crippen LogP contribution in [0.4, 0.5) is 0 Å². The van der Waals surface area contributed by atoms with Gasteiger partial charge in [0.1, 0.15) is 10.7 Å². The van der Waals surface area contributed by atoms with Crippen molar-refractivity contribution in [1.82, 2.24) is 25.9 Å². The molecule has 0 unspecified atom stereocenters. The fourth-order valence-corrected chi connectivity index (χ4v) is 2.37. The van der Waals surface area contributed by atoms with E-state index in [9.17, 15) is 4.79 Å². The van der Waals surface area contributed by atoms with Crippen molar-refractivity contribution in [2.24, 2.45) is 0 Å². The highest BCUT2D eigenvalue weighted by Gasteiger charge is 2.20. The van der Waals surface area contributed by atoms with Crippen molar-refractivity contribution >= 4 is 34.8 Å². The summed E-state index contributed by atoms with van der Waals surface area (Å²) in [6.07, 6.45) is 2.00. The second-order valence-corrected chi connectivity index (χ2v) is 5.80. The third kappa shape index (κ3) is 5.17. The van der Waals surface area contributed by atoms with Gasteiger partial charge in [-0.2, -0.15) is 5.10 Å². The van der Waals surface area contributed by atoms with E-state index in [-0.39, 0.29) is 11.9 Å².